The lowest BCUT2D eigenvalue weighted by Gasteiger charge is -2.27. The van der Waals surface area contributed by atoms with Crippen LogP contribution < -0.4 is 5.32 Å². The van der Waals surface area contributed by atoms with Gasteiger partial charge in [0.25, 0.3) is 0 Å². The predicted octanol–water partition coefficient (Wildman–Crippen LogP) is 3.06. The van der Waals surface area contributed by atoms with Gasteiger partial charge in [-0.1, -0.05) is 25.8 Å². The van der Waals surface area contributed by atoms with Crippen molar-refractivity contribution in [2.75, 3.05) is 5.32 Å². The number of allylic oxidation sites excluding steroid dienone is 1. The Morgan fingerprint density at radius 3 is 3.25 bits per heavy atom. The number of rotatable bonds is 4. The number of hydrogen-bond acceptors (Lipinski definition) is 2. The summed E-state index contributed by atoms with van der Waals surface area (Å²) in [7, 11) is 0. The summed E-state index contributed by atoms with van der Waals surface area (Å²) in [5.41, 5.74) is 0. The highest BCUT2D eigenvalue weighted by Gasteiger charge is 2.19. The predicted molar refractivity (Wildman–Crippen MR) is 67.5 cm³/mol. The van der Waals surface area contributed by atoms with E-state index in [9.17, 15) is 0 Å². The lowest BCUT2D eigenvalue weighted by molar-refractivity contribution is 0.357. The van der Waals surface area contributed by atoms with Gasteiger partial charge in [-0.05, 0) is 18.8 Å². The maximum Gasteiger partial charge on any atom is 0.203 e. The van der Waals surface area contributed by atoms with E-state index in [-0.39, 0.29) is 0 Å². The van der Waals surface area contributed by atoms with Gasteiger partial charge in [-0.15, -0.1) is 6.58 Å². The van der Waals surface area contributed by atoms with E-state index >= 15 is 0 Å². The molecule has 1 aliphatic carbocycles. The molecule has 88 valence electrons. The van der Waals surface area contributed by atoms with Gasteiger partial charge < -0.3 is 9.88 Å². The molecule has 0 amide bonds. The Labute approximate surface area is 97.6 Å². The molecule has 1 N–H and O–H groups in total. The molecule has 1 aliphatic rings. The standard InChI is InChI=1S/C13H21N3/c1-3-8-16-9-7-14-13(16)15-12-6-4-5-11(2)10-12/h3,7,9,11-12H,1,4-6,8,10H2,2H3,(H,14,15). The van der Waals surface area contributed by atoms with Gasteiger partial charge in [-0.2, -0.15) is 0 Å². The molecule has 0 bridgehead atoms. The molecular weight excluding hydrogens is 198 g/mol. The van der Waals surface area contributed by atoms with Crippen LogP contribution in [-0.2, 0) is 6.54 Å². The van der Waals surface area contributed by atoms with Crippen molar-refractivity contribution >= 4 is 5.95 Å². The fraction of sp³-hybridized carbons (Fsp3) is 0.615. The zero-order chi connectivity index (χ0) is 11.4. The number of nitrogens with one attached hydrogen (secondary N) is 1. The number of nitrogens with zero attached hydrogens (tertiary/aromatic N) is 2. The molecule has 2 atom stereocenters. The SMILES string of the molecule is C=CCn1ccnc1NC1CCCC(C)C1. The second-order valence-electron chi connectivity index (χ2n) is 4.80. The van der Waals surface area contributed by atoms with Gasteiger partial charge in [0.2, 0.25) is 5.95 Å². The lowest BCUT2D eigenvalue weighted by atomic mass is 9.87. The van der Waals surface area contributed by atoms with Crippen molar-refractivity contribution in [3.05, 3.63) is 25.0 Å². The van der Waals surface area contributed by atoms with E-state index in [1.165, 1.54) is 25.7 Å². The minimum Gasteiger partial charge on any atom is -0.353 e. The highest BCUT2D eigenvalue weighted by molar-refractivity contribution is 5.28. The molecule has 1 aromatic rings. The Hall–Kier alpha value is -1.25. The molecule has 0 radical (unpaired) electrons. The summed E-state index contributed by atoms with van der Waals surface area (Å²) < 4.78 is 2.10. The van der Waals surface area contributed by atoms with Crippen LogP contribution in [0.3, 0.4) is 0 Å². The van der Waals surface area contributed by atoms with E-state index in [1.54, 1.807) is 0 Å². The van der Waals surface area contributed by atoms with Crippen LogP contribution in [0, 0.1) is 5.92 Å². The van der Waals surface area contributed by atoms with Crippen LogP contribution in [0.25, 0.3) is 0 Å². The van der Waals surface area contributed by atoms with E-state index in [2.05, 4.69) is 28.4 Å². The number of hydrogen-bond donors (Lipinski definition) is 1. The smallest absolute Gasteiger partial charge is 0.203 e. The first kappa shape index (κ1) is 11.2. The highest BCUT2D eigenvalue weighted by Crippen LogP contribution is 2.25. The van der Waals surface area contributed by atoms with Crippen LogP contribution in [0.4, 0.5) is 5.95 Å². The third kappa shape index (κ3) is 2.65. The third-order valence-electron chi connectivity index (χ3n) is 3.31. The second-order valence-corrected chi connectivity index (χ2v) is 4.80. The van der Waals surface area contributed by atoms with Gasteiger partial charge >= 0.3 is 0 Å². The summed E-state index contributed by atoms with van der Waals surface area (Å²) in [6, 6.07) is 0.592. The lowest BCUT2D eigenvalue weighted by Crippen LogP contribution is -2.27. The van der Waals surface area contributed by atoms with Crippen molar-refractivity contribution in [1.29, 1.82) is 0 Å². The topological polar surface area (TPSA) is 29.9 Å². The number of aromatic nitrogens is 2. The Balaban J connectivity index is 1.96. The van der Waals surface area contributed by atoms with Gasteiger partial charge in [0.05, 0.1) is 0 Å². The van der Waals surface area contributed by atoms with Crippen molar-refractivity contribution in [2.24, 2.45) is 5.92 Å². The van der Waals surface area contributed by atoms with E-state index in [1.807, 2.05) is 18.5 Å². The zero-order valence-corrected chi connectivity index (χ0v) is 10.0. The second kappa shape index (κ2) is 5.19. The highest BCUT2D eigenvalue weighted by atomic mass is 15.2. The molecule has 2 rings (SSSR count). The largest absolute Gasteiger partial charge is 0.353 e. The van der Waals surface area contributed by atoms with E-state index in [0.29, 0.717) is 6.04 Å². The van der Waals surface area contributed by atoms with Crippen molar-refractivity contribution in [3.8, 4) is 0 Å². The summed E-state index contributed by atoms with van der Waals surface area (Å²) in [4.78, 5) is 4.36. The molecular formula is C13H21N3. The molecule has 2 unspecified atom stereocenters. The Morgan fingerprint density at radius 2 is 2.50 bits per heavy atom. The van der Waals surface area contributed by atoms with Gasteiger partial charge in [0, 0.05) is 25.0 Å². The van der Waals surface area contributed by atoms with Gasteiger partial charge in [-0.25, -0.2) is 4.98 Å². The van der Waals surface area contributed by atoms with Crippen LogP contribution in [0.5, 0.6) is 0 Å². The van der Waals surface area contributed by atoms with E-state index in [0.717, 1.165) is 18.4 Å². The van der Waals surface area contributed by atoms with Crippen LogP contribution in [0.15, 0.2) is 25.0 Å². The number of imidazole rings is 1. The van der Waals surface area contributed by atoms with Crippen LogP contribution >= 0.6 is 0 Å². The molecule has 1 heterocycles. The molecule has 0 aromatic carbocycles. The van der Waals surface area contributed by atoms with E-state index < -0.39 is 0 Å². The van der Waals surface area contributed by atoms with Gasteiger partial charge in [0.15, 0.2) is 0 Å². The van der Waals surface area contributed by atoms with Crippen LogP contribution in [-0.4, -0.2) is 15.6 Å². The molecule has 0 spiro atoms. The summed E-state index contributed by atoms with van der Waals surface area (Å²) in [6.07, 6.45) is 11.0. The first-order valence-corrected chi connectivity index (χ1v) is 6.18. The number of anilines is 1. The first-order chi connectivity index (χ1) is 7.79. The minimum atomic E-state index is 0.592. The fourth-order valence-corrected chi connectivity index (χ4v) is 2.48. The quantitative estimate of drug-likeness (QED) is 0.789. The molecule has 1 aromatic heterocycles. The normalized spacial score (nSPS) is 25.3. The molecule has 0 saturated heterocycles. The summed E-state index contributed by atoms with van der Waals surface area (Å²) >= 11 is 0. The summed E-state index contributed by atoms with van der Waals surface area (Å²) in [5.74, 6) is 1.83. The Morgan fingerprint density at radius 1 is 1.62 bits per heavy atom. The minimum absolute atomic E-state index is 0.592. The van der Waals surface area contributed by atoms with Gasteiger partial charge in [-0.3, -0.25) is 0 Å². The average Bonchev–Trinajstić information content (AvgIpc) is 2.66. The maximum absolute atomic E-state index is 4.36. The zero-order valence-electron chi connectivity index (χ0n) is 10.0. The molecule has 1 fully saturated rings. The molecule has 3 heteroatoms. The Kier molecular flexibility index (Phi) is 3.65. The molecule has 3 nitrogen and oxygen atoms in total. The molecule has 0 aliphatic heterocycles. The van der Waals surface area contributed by atoms with Gasteiger partial charge in [0.1, 0.15) is 0 Å². The monoisotopic (exact) mass is 219 g/mol. The first-order valence-electron chi connectivity index (χ1n) is 6.18. The maximum atomic E-state index is 4.36. The van der Waals surface area contributed by atoms with Crippen molar-refractivity contribution in [2.45, 2.75) is 45.2 Å². The fourth-order valence-electron chi connectivity index (χ4n) is 2.48. The van der Waals surface area contributed by atoms with E-state index in [4.69, 9.17) is 0 Å². The summed E-state index contributed by atoms with van der Waals surface area (Å²) in [6.45, 7) is 6.92. The average molecular weight is 219 g/mol. The molecule has 1 saturated carbocycles. The van der Waals surface area contributed by atoms with Crippen molar-refractivity contribution in [1.82, 2.24) is 9.55 Å². The Bertz CT molecular complexity index is 343. The molecule has 16 heavy (non-hydrogen) atoms. The van der Waals surface area contributed by atoms with Crippen LogP contribution in [0.2, 0.25) is 0 Å². The third-order valence-corrected chi connectivity index (χ3v) is 3.31. The van der Waals surface area contributed by atoms with Crippen molar-refractivity contribution < 1.29 is 0 Å². The summed E-state index contributed by atoms with van der Waals surface area (Å²) in [5, 5.41) is 3.55. The van der Waals surface area contributed by atoms with Crippen molar-refractivity contribution in [3.63, 3.8) is 0 Å². The van der Waals surface area contributed by atoms with Crippen LogP contribution in [0.1, 0.15) is 32.6 Å².